The molecular weight excluding hydrogens is 332 g/mol. The normalized spacial score (nSPS) is 11.6. The zero-order valence-corrected chi connectivity index (χ0v) is 15.3. The maximum absolute atomic E-state index is 12.2. The monoisotopic (exact) mass is 354 g/mol. The average molecular weight is 354 g/mol. The summed E-state index contributed by atoms with van der Waals surface area (Å²) in [7, 11) is 0. The van der Waals surface area contributed by atoms with Gasteiger partial charge in [-0.25, -0.2) is 0 Å². The molecule has 0 N–H and O–H groups in total. The number of hydrogen-bond acceptors (Lipinski definition) is 4. The Labute approximate surface area is 154 Å². The lowest BCUT2D eigenvalue weighted by molar-refractivity contribution is -0.151. The van der Waals surface area contributed by atoms with Crippen LogP contribution in [0.2, 0.25) is 0 Å². The van der Waals surface area contributed by atoms with Crippen LogP contribution in [0.15, 0.2) is 53.4 Å². The predicted octanol–water partition coefficient (Wildman–Crippen LogP) is 5.11. The van der Waals surface area contributed by atoms with Gasteiger partial charge >= 0.3 is 5.97 Å². The summed E-state index contributed by atoms with van der Waals surface area (Å²) in [6, 6.07) is 14.9. The number of terminal acetylenes is 1. The molecule has 0 amide bonds. The van der Waals surface area contributed by atoms with E-state index in [-0.39, 0.29) is 24.4 Å². The molecule has 0 bridgehead atoms. The fourth-order valence-electron chi connectivity index (χ4n) is 2.35. The summed E-state index contributed by atoms with van der Waals surface area (Å²) in [6.07, 6.45) is 5.72. The first-order valence-corrected chi connectivity index (χ1v) is 8.61. The van der Waals surface area contributed by atoms with Crippen LogP contribution in [-0.2, 0) is 16.1 Å². The van der Waals surface area contributed by atoms with Crippen molar-refractivity contribution < 1.29 is 14.3 Å². The molecule has 0 fully saturated rings. The van der Waals surface area contributed by atoms with Crippen molar-refractivity contribution in [1.29, 1.82) is 0 Å². The Morgan fingerprint density at radius 2 is 1.96 bits per heavy atom. The zero-order valence-electron chi connectivity index (χ0n) is 14.4. The lowest BCUT2D eigenvalue weighted by Crippen LogP contribution is -2.22. The van der Waals surface area contributed by atoms with Crippen molar-refractivity contribution in [3.63, 3.8) is 0 Å². The fraction of sp³-hybridized carbons (Fsp3) is 0.286. The molecule has 0 aliphatic carbocycles. The maximum Gasteiger partial charge on any atom is 0.310 e. The zero-order chi connectivity index (χ0) is 18.2. The number of para-hydroxylation sites is 1. The first-order valence-electron chi connectivity index (χ1n) is 8.16. The van der Waals surface area contributed by atoms with E-state index in [0.717, 1.165) is 10.5 Å². The Morgan fingerprint density at radius 1 is 1.20 bits per heavy atom. The van der Waals surface area contributed by atoms with E-state index in [1.54, 1.807) is 0 Å². The highest BCUT2D eigenvalue weighted by Crippen LogP contribution is 2.28. The summed E-state index contributed by atoms with van der Waals surface area (Å²) in [5.41, 5.74) is 0.853. The van der Waals surface area contributed by atoms with E-state index in [1.807, 2.05) is 62.4 Å². The van der Waals surface area contributed by atoms with Gasteiger partial charge in [-0.2, -0.15) is 0 Å². The number of carbonyl (C=O) groups is 1. The number of ether oxygens (including phenoxy) is 2. The van der Waals surface area contributed by atoms with Crippen LogP contribution in [0.3, 0.4) is 0 Å². The SMILES string of the molecule is C#CCC(C(=O)OCc1cccc(Oc2ccccc2S)c1)C(C)C. The minimum atomic E-state index is -0.277. The minimum Gasteiger partial charge on any atom is -0.461 e. The second kappa shape index (κ2) is 9.19. The lowest BCUT2D eigenvalue weighted by atomic mass is 9.93. The highest BCUT2D eigenvalue weighted by atomic mass is 32.1. The Kier molecular flexibility index (Phi) is 6.97. The van der Waals surface area contributed by atoms with Crippen LogP contribution in [0.4, 0.5) is 0 Å². The highest BCUT2D eigenvalue weighted by Gasteiger charge is 2.22. The summed E-state index contributed by atoms with van der Waals surface area (Å²) < 4.78 is 11.3. The van der Waals surface area contributed by atoms with E-state index in [2.05, 4.69) is 18.5 Å². The summed E-state index contributed by atoms with van der Waals surface area (Å²) in [5.74, 6) is 3.48. The molecular formula is C21H22O3S. The smallest absolute Gasteiger partial charge is 0.310 e. The van der Waals surface area contributed by atoms with Crippen molar-refractivity contribution in [1.82, 2.24) is 0 Å². The summed E-state index contributed by atoms with van der Waals surface area (Å²) in [5, 5.41) is 0. The third kappa shape index (κ3) is 5.58. The average Bonchev–Trinajstić information content (AvgIpc) is 2.60. The first-order chi connectivity index (χ1) is 12.0. The molecule has 0 radical (unpaired) electrons. The number of benzene rings is 2. The predicted molar refractivity (Wildman–Crippen MR) is 102 cm³/mol. The molecule has 130 valence electrons. The Hall–Kier alpha value is -2.38. The molecule has 0 heterocycles. The van der Waals surface area contributed by atoms with E-state index in [0.29, 0.717) is 17.9 Å². The topological polar surface area (TPSA) is 35.5 Å². The molecule has 1 atom stereocenters. The van der Waals surface area contributed by atoms with E-state index in [4.69, 9.17) is 15.9 Å². The molecule has 1 unspecified atom stereocenters. The van der Waals surface area contributed by atoms with Crippen LogP contribution in [0.1, 0.15) is 25.8 Å². The van der Waals surface area contributed by atoms with Crippen molar-refractivity contribution in [3.05, 3.63) is 54.1 Å². The number of esters is 1. The highest BCUT2D eigenvalue weighted by molar-refractivity contribution is 7.80. The second-order valence-corrected chi connectivity index (χ2v) is 6.57. The number of hydrogen-bond donors (Lipinski definition) is 1. The number of rotatable bonds is 7. The standard InChI is InChI=1S/C21H22O3S/c1-4-8-18(15(2)3)21(22)23-14-16-9-7-10-17(13-16)24-19-11-5-6-12-20(19)25/h1,5-7,9-13,15,18,25H,8,14H2,2-3H3. The molecule has 0 saturated carbocycles. The maximum atomic E-state index is 12.2. The molecule has 2 aromatic rings. The molecule has 0 aliphatic heterocycles. The molecule has 0 aromatic heterocycles. The third-order valence-corrected chi connectivity index (χ3v) is 4.19. The van der Waals surface area contributed by atoms with Gasteiger partial charge in [-0.05, 0) is 35.7 Å². The minimum absolute atomic E-state index is 0.144. The molecule has 2 rings (SSSR count). The summed E-state index contributed by atoms with van der Waals surface area (Å²) >= 11 is 4.37. The Bertz CT molecular complexity index is 762. The van der Waals surface area contributed by atoms with E-state index in [9.17, 15) is 4.79 Å². The van der Waals surface area contributed by atoms with Crippen molar-refractivity contribution >= 4 is 18.6 Å². The molecule has 0 spiro atoms. The van der Waals surface area contributed by atoms with Crippen LogP contribution in [0.25, 0.3) is 0 Å². The van der Waals surface area contributed by atoms with Gasteiger partial charge in [0.15, 0.2) is 0 Å². The lowest BCUT2D eigenvalue weighted by Gasteiger charge is -2.17. The largest absolute Gasteiger partial charge is 0.461 e. The van der Waals surface area contributed by atoms with Gasteiger partial charge in [0.05, 0.1) is 5.92 Å². The quantitative estimate of drug-likeness (QED) is 0.426. The molecule has 0 aliphatic rings. The van der Waals surface area contributed by atoms with Crippen LogP contribution in [0.5, 0.6) is 11.5 Å². The van der Waals surface area contributed by atoms with Gasteiger partial charge in [-0.3, -0.25) is 4.79 Å². The van der Waals surface area contributed by atoms with E-state index in [1.165, 1.54) is 0 Å². The van der Waals surface area contributed by atoms with Gasteiger partial charge in [0, 0.05) is 11.3 Å². The third-order valence-electron chi connectivity index (χ3n) is 3.82. The fourth-order valence-corrected chi connectivity index (χ4v) is 2.56. The van der Waals surface area contributed by atoms with Gasteiger partial charge in [0.2, 0.25) is 0 Å². The van der Waals surface area contributed by atoms with Crippen LogP contribution in [-0.4, -0.2) is 5.97 Å². The van der Waals surface area contributed by atoms with E-state index >= 15 is 0 Å². The summed E-state index contributed by atoms with van der Waals surface area (Å²) in [4.78, 5) is 13.0. The van der Waals surface area contributed by atoms with E-state index < -0.39 is 0 Å². The number of carbonyl (C=O) groups excluding carboxylic acids is 1. The van der Waals surface area contributed by atoms with Gasteiger partial charge in [0.25, 0.3) is 0 Å². The van der Waals surface area contributed by atoms with Crippen molar-refractivity contribution in [2.75, 3.05) is 0 Å². The van der Waals surface area contributed by atoms with Crippen molar-refractivity contribution in [3.8, 4) is 23.8 Å². The second-order valence-electron chi connectivity index (χ2n) is 6.08. The Morgan fingerprint density at radius 3 is 2.64 bits per heavy atom. The molecule has 25 heavy (non-hydrogen) atoms. The van der Waals surface area contributed by atoms with Gasteiger partial charge in [-0.15, -0.1) is 25.0 Å². The van der Waals surface area contributed by atoms with Crippen molar-refractivity contribution in [2.45, 2.75) is 31.8 Å². The van der Waals surface area contributed by atoms with Crippen LogP contribution < -0.4 is 4.74 Å². The molecule has 0 saturated heterocycles. The van der Waals surface area contributed by atoms with Crippen LogP contribution in [0, 0.1) is 24.2 Å². The van der Waals surface area contributed by atoms with Gasteiger partial charge < -0.3 is 9.47 Å². The van der Waals surface area contributed by atoms with Crippen molar-refractivity contribution in [2.24, 2.45) is 11.8 Å². The summed E-state index contributed by atoms with van der Waals surface area (Å²) in [6.45, 7) is 4.12. The molecule has 4 heteroatoms. The van der Waals surface area contributed by atoms with Gasteiger partial charge in [0.1, 0.15) is 18.1 Å². The molecule has 3 nitrogen and oxygen atoms in total. The first kappa shape index (κ1) is 19.0. The Balaban J connectivity index is 2.01. The molecule has 2 aromatic carbocycles. The number of thiol groups is 1. The van der Waals surface area contributed by atoms with Gasteiger partial charge in [-0.1, -0.05) is 38.1 Å². The van der Waals surface area contributed by atoms with Crippen LogP contribution >= 0.6 is 12.6 Å².